The number of nitrogens with two attached hydrogens (primary N) is 1. The Morgan fingerprint density at radius 3 is 2.33 bits per heavy atom. The van der Waals surface area contributed by atoms with Gasteiger partial charge in [-0.25, -0.2) is 4.79 Å². The minimum absolute atomic E-state index is 0.0967. The summed E-state index contributed by atoms with van der Waals surface area (Å²) in [5, 5.41) is 23.1. The highest BCUT2D eigenvalue weighted by atomic mass is 32.1. The van der Waals surface area contributed by atoms with E-state index in [0.717, 1.165) is 0 Å². The van der Waals surface area contributed by atoms with E-state index >= 15 is 0 Å². The molecule has 0 bridgehead atoms. The van der Waals surface area contributed by atoms with Gasteiger partial charge in [0.2, 0.25) is 17.7 Å². The number of carbonyl (C=O) groups is 4. The Morgan fingerprint density at radius 1 is 1.22 bits per heavy atom. The van der Waals surface area contributed by atoms with E-state index in [1.807, 2.05) is 0 Å². The van der Waals surface area contributed by atoms with E-state index in [-0.39, 0.29) is 11.5 Å². The van der Waals surface area contributed by atoms with Gasteiger partial charge < -0.3 is 31.5 Å². The maximum Gasteiger partial charge on any atom is 0.328 e. The molecule has 1 aliphatic heterocycles. The smallest absolute Gasteiger partial charge is 0.328 e. The van der Waals surface area contributed by atoms with E-state index in [2.05, 4.69) is 35.9 Å². The van der Waals surface area contributed by atoms with Gasteiger partial charge in [0.15, 0.2) is 6.04 Å². The summed E-state index contributed by atoms with van der Waals surface area (Å²) in [6, 6.07) is -4.24. The summed E-state index contributed by atoms with van der Waals surface area (Å²) in [5.74, 6) is -3.10. The van der Waals surface area contributed by atoms with Crippen molar-refractivity contribution < 1.29 is 29.4 Å². The lowest BCUT2D eigenvalue weighted by Crippen LogP contribution is -2.58. The first-order valence-corrected chi connectivity index (χ1v) is 9.69. The van der Waals surface area contributed by atoms with Gasteiger partial charge in [0, 0.05) is 18.1 Å². The molecule has 27 heavy (non-hydrogen) atoms. The number of nitrogens with one attached hydrogen (secondary N) is 2. The average Bonchev–Trinajstić information content (AvgIpc) is 3.11. The van der Waals surface area contributed by atoms with Crippen LogP contribution in [0.1, 0.15) is 19.8 Å². The maximum atomic E-state index is 12.6. The van der Waals surface area contributed by atoms with Crippen LogP contribution in [0, 0.1) is 0 Å². The molecule has 3 amide bonds. The van der Waals surface area contributed by atoms with Gasteiger partial charge in [-0.1, -0.05) is 0 Å². The first-order chi connectivity index (χ1) is 12.6. The molecule has 1 fully saturated rings. The number of hydrogen-bond acceptors (Lipinski definition) is 8. The van der Waals surface area contributed by atoms with Gasteiger partial charge in [-0.2, -0.15) is 25.3 Å². The number of aliphatic carboxylic acids is 1. The van der Waals surface area contributed by atoms with Crippen LogP contribution in [-0.4, -0.2) is 87.1 Å². The van der Waals surface area contributed by atoms with Crippen molar-refractivity contribution in [3.63, 3.8) is 0 Å². The molecular formula is C15H26N4O6S2. The van der Waals surface area contributed by atoms with Crippen LogP contribution in [0.15, 0.2) is 0 Å². The second kappa shape index (κ2) is 10.7. The second-order valence-electron chi connectivity index (χ2n) is 6.29. The molecule has 10 nitrogen and oxygen atoms in total. The summed E-state index contributed by atoms with van der Waals surface area (Å²) in [7, 11) is 0. The van der Waals surface area contributed by atoms with Crippen LogP contribution in [0.3, 0.4) is 0 Å². The normalized spacial score (nSPS) is 21.1. The molecule has 1 aliphatic rings. The zero-order valence-corrected chi connectivity index (χ0v) is 16.7. The molecule has 1 heterocycles. The molecule has 0 aromatic carbocycles. The van der Waals surface area contributed by atoms with Gasteiger partial charge in [0.1, 0.15) is 12.1 Å². The fourth-order valence-electron chi connectivity index (χ4n) is 2.70. The summed E-state index contributed by atoms with van der Waals surface area (Å²) in [5.41, 5.74) is 5.69. The van der Waals surface area contributed by atoms with Crippen LogP contribution >= 0.6 is 25.3 Å². The molecular weight excluding hydrogens is 396 g/mol. The molecule has 12 heteroatoms. The van der Waals surface area contributed by atoms with Gasteiger partial charge in [-0.15, -0.1) is 0 Å². The number of aliphatic hydroxyl groups excluding tert-OH is 1. The summed E-state index contributed by atoms with van der Waals surface area (Å²) < 4.78 is 0. The van der Waals surface area contributed by atoms with Crippen molar-refractivity contribution in [2.45, 2.75) is 50.0 Å². The number of nitrogens with zero attached hydrogens (tertiary/aromatic N) is 1. The third-order valence-corrected chi connectivity index (χ3v) is 4.97. The molecule has 0 aromatic rings. The van der Waals surface area contributed by atoms with Crippen LogP contribution < -0.4 is 16.4 Å². The van der Waals surface area contributed by atoms with Gasteiger partial charge in [0.05, 0.1) is 12.1 Å². The molecule has 0 spiro atoms. The third kappa shape index (κ3) is 6.26. The van der Waals surface area contributed by atoms with E-state index in [1.165, 1.54) is 11.8 Å². The highest BCUT2D eigenvalue weighted by Crippen LogP contribution is 2.18. The fourth-order valence-corrected chi connectivity index (χ4v) is 3.11. The van der Waals surface area contributed by atoms with Crippen LogP contribution in [0.5, 0.6) is 0 Å². The third-order valence-electron chi connectivity index (χ3n) is 4.21. The molecule has 1 rings (SSSR count). The summed E-state index contributed by atoms with van der Waals surface area (Å²) in [6.07, 6.45) is -0.291. The maximum absolute atomic E-state index is 12.6. The number of hydrogen-bond donors (Lipinski definition) is 7. The monoisotopic (exact) mass is 422 g/mol. The van der Waals surface area contributed by atoms with E-state index in [1.54, 1.807) is 0 Å². The second-order valence-corrected chi connectivity index (χ2v) is 7.02. The number of thiol groups is 2. The minimum atomic E-state index is -1.52. The van der Waals surface area contributed by atoms with Gasteiger partial charge in [-0.3, -0.25) is 14.4 Å². The summed E-state index contributed by atoms with van der Waals surface area (Å²) in [4.78, 5) is 49.5. The molecule has 0 aliphatic carbocycles. The van der Waals surface area contributed by atoms with Gasteiger partial charge in [0.25, 0.3) is 0 Å². The minimum Gasteiger partial charge on any atom is -0.480 e. The first-order valence-electron chi connectivity index (χ1n) is 8.43. The van der Waals surface area contributed by atoms with Crippen molar-refractivity contribution in [1.82, 2.24) is 15.5 Å². The van der Waals surface area contributed by atoms with E-state index in [9.17, 15) is 24.3 Å². The van der Waals surface area contributed by atoms with Gasteiger partial charge in [-0.05, 0) is 19.8 Å². The van der Waals surface area contributed by atoms with Crippen molar-refractivity contribution in [3.05, 3.63) is 0 Å². The number of likely N-dealkylation sites (tertiary alicyclic amines) is 1. The molecule has 6 N–H and O–H groups in total. The Morgan fingerprint density at radius 2 is 1.85 bits per heavy atom. The van der Waals surface area contributed by atoms with Crippen molar-refractivity contribution in [1.29, 1.82) is 0 Å². The quantitative estimate of drug-likeness (QED) is 0.204. The summed E-state index contributed by atoms with van der Waals surface area (Å²) in [6.45, 7) is 1.60. The summed E-state index contributed by atoms with van der Waals surface area (Å²) >= 11 is 8.00. The number of amides is 3. The Hall–Kier alpha value is -1.50. The average molecular weight is 423 g/mol. The number of rotatable bonds is 9. The lowest BCUT2D eigenvalue weighted by molar-refractivity contribution is -0.145. The highest BCUT2D eigenvalue weighted by Gasteiger charge is 2.37. The predicted molar refractivity (Wildman–Crippen MR) is 104 cm³/mol. The zero-order chi connectivity index (χ0) is 20.7. The van der Waals surface area contributed by atoms with Crippen LogP contribution in [-0.2, 0) is 19.2 Å². The Balaban J connectivity index is 2.78. The zero-order valence-electron chi connectivity index (χ0n) is 14.9. The number of aliphatic hydroxyl groups is 1. The topological polar surface area (TPSA) is 162 Å². The largest absolute Gasteiger partial charge is 0.480 e. The van der Waals surface area contributed by atoms with E-state index < -0.39 is 54.0 Å². The lowest BCUT2D eigenvalue weighted by atomic mass is 10.1. The van der Waals surface area contributed by atoms with Crippen LogP contribution in [0.25, 0.3) is 0 Å². The SMILES string of the molecule is CC(O)C(NC(=O)C(CS)NC(=O)C1CCCN1C(=O)C(N)CS)C(=O)O. The first kappa shape index (κ1) is 23.5. The van der Waals surface area contributed by atoms with E-state index in [4.69, 9.17) is 10.8 Å². The Bertz CT molecular complexity index is 577. The number of carboxylic acid groups (broad SMARTS) is 1. The molecule has 5 unspecified atom stereocenters. The molecule has 0 radical (unpaired) electrons. The van der Waals surface area contributed by atoms with Gasteiger partial charge >= 0.3 is 5.97 Å². The number of carboxylic acids is 1. The van der Waals surface area contributed by atoms with Crippen molar-refractivity contribution in [2.24, 2.45) is 5.73 Å². The molecule has 0 saturated carbocycles. The standard InChI is InChI=1S/C15H26N4O6S2/c1-7(20)11(15(24)25)18-12(21)9(6-27)17-13(22)10-3-2-4-19(10)14(23)8(16)5-26/h7-11,20,26-27H,2-6,16H2,1H3,(H,17,22)(H,18,21)(H,24,25). The lowest BCUT2D eigenvalue weighted by Gasteiger charge is -2.28. The molecule has 5 atom stereocenters. The molecule has 1 saturated heterocycles. The predicted octanol–water partition coefficient (Wildman–Crippen LogP) is -2.40. The van der Waals surface area contributed by atoms with Crippen molar-refractivity contribution in [3.8, 4) is 0 Å². The van der Waals surface area contributed by atoms with Crippen molar-refractivity contribution in [2.75, 3.05) is 18.1 Å². The molecule has 154 valence electrons. The fraction of sp³-hybridized carbons (Fsp3) is 0.733. The molecule has 0 aromatic heterocycles. The van der Waals surface area contributed by atoms with Crippen LogP contribution in [0.2, 0.25) is 0 Å². The van der Waals surface area contributed by atoms with Crippen LogP contribution in [0.4, 0.5) is 0 Å². The Labute approximate surface area is 168 Å². The Kier molecular flexibility index (Phi) is 9.36. The highest BCUT2D eigenvalue weighted by molar-refractivity contribution is 7.80. The number of carbonyl (C=O) groups excluding carboxylic acids is 3. The van der Waals surface area contributed by atoms with E-state index in [0.29, 0.717) is 19.4 Å². The van der Waals surface area contributed by atoms with Crippen molar-refractivity contribution >= 4 is 48.9 Å².